The van der Waals surface area contributed by atoms with Gasteiger partial charge in [-0.1, -0.05) is 23.2 Å². The van der Waals surface area contributed by atoms with Gasteiger partial charge in [-0.15, -0.1) is 0 Å². The van der Waals surface area contributed by atoms with Crippen LogP contribution in [0.4, 0.5) is 11.6 Å². The van der Waals surface area contributed by atoms with Gasteiger partial charge in [-0.3, -0.25) is 4.79 Å². The third kappa shape index (κ3) is 5.42. The molecule has 0 radical (unpaired) electrons. The molecule has 3 aromatic rings. The Kier molecular flexibility index (Phi) is 7.47. The number of pyridine rings is 2. The van der Waals surface area contributed by atoms with E-state index in [1.54, 1.807) is 37.2 Å². The molecule has 14 heteroatoms. The fourth-order valence-corrected chi connectivity index (χ4v) is 6.06. The van der Waals surface area contributed by atoms with E-state index in [1.807, 2.05) is 0 Å². The van der Waals surface area contributed by atoms with Crippen LogP contribution in [0.2, 0.25) is 10.0 Å². The number of amides is 1. The number of likely N-dealkylation sites (tertiary alicyclic amines) is 1. The number of nitrogens with zero attached hydrogens (tertiary/aromatic N) is 4. The molecule has 0 aliphatic carbocycles. The number of carboxylic acids is 1. The second kappa shape index (κ2) is 10.3. The molecule has 1 aliphatic rings. The summed E-state index contributed by atoms with van der Waals surface area (Å²) in [4.78, 5) is 36.0. The molecular formula is C23H24Cl2N6O5S. The summed E-state index contributed by atoms with van der Waals surface area (Å²) in [6, 6.07) is 3.88. The highest BCUT2D eigenvalue weighted by Crippen LogP contribution is 2.30. The summed E-state index contributed by atoms with van der Waals surface area (Å²) < 4.78 is 28.2. The number of halogens is 2. The molecule has 1 aliphatic heterocycles. The Morgan fingerprint density at radius 3 is 2.65 bits per heavy atom. The molecule has 0 spiro atoms. The molecule has 0 bridgehead atoms. The van der Waals surface area contributed by atoms with Gasteiger partial charge in [-0.25, -0.2) is 23.2 Å². The van der Waals surface area contributed by atoms with Crippen molar-refractivity contribution in [3.8, 4) is 0 Å². The van der Waals surface area contributed by atoms with Gasteiger partial charge >= 0.3 is 5.97 Å². The number of nitrogen functional groups attached to an aromatic ring is 1. The van der Waals surface area contributed by atoms with E-state index >= 15 is 0 Å². The minimum atomic E-state index is -4.15. The van der Waals surface area contributed by atoms with Gasteiger partial charge in [-0.05, 0) is 41.6 Å². The number of fused-ring (bicyclic) bond motifs is 1. The molecular weight excluding hydrogens is 543 g/mol. The van der Waals surface area contributed by atoms with Gasteiger partial charge in [0.05, 0.1) is 5.02 Å². The number of hydrogen-bond donors (Lipinski definition) is 3. The van der Waals surface area contributed by atoms with Crippen LogP contribution in [0.25, 0.3) is 10.8 Å². The SMILES string of the molecule is CN(C)c1ncc(S(=O)(=O)N[C@H]2CCN([C@H](Cc3cc4ccnc(N)c4cc3Cl)C(=O)O)C2=O)cc1Cl. The quantitative estimate of drug-likeness (QED) is 0.371. The number of carboxylic acid groups (broad SMARTS) is 1. The average Bonchev–Trinajstić information content (AvgIpc) is 3.16. The van der Waals surface area contributed by atoms with Crippen molar-refractivity contribution in [2.75, 3.05) is 31.3 Å². The molecule has 4 rings (SSSR count). The number of nitrogens with one attached hydrogen (secondary N) is 1. The maximum absolute atomic E-state index is 13.1. The second-order valence-corrected chi connectivity index (χ2v) is 11.3. The zero-order valence-electron chi connectivity index (χ0n) is 19.9. The van der Waals surface area contributed by atoms with E-state index in [2.05, 4.69) is 14.7 Å². The molecule has 2 atom stereocenters. The molecule has 1 amide bonds. The summed E-state index contributed by atoms with van der Waals surface area (Å²) in [6.07, 6.45) is 2.68. The predicted octanol–water partition coefficient (Wildman–Crippen LogP) is 2.16. The van der Waals surface area contributed by atoms with Crippen LogP contribution in [-0.2, 0) is 26.0 Å². The van der Waals surface area contributed by atoms with Crippen LogP contribution in [0.5, 0.6) is 0 Å². The van der Waals surface area contributed by atoms with Crippen molar-refractivity contribution in [3.63, 3.8) is 0 Å². The first kappa shape index (κ1) is 26.9. The number of aliphatic carboxylic acids is 1. The van der Waals surface area contributed by atoms with Gasteiger partial charge in [0.2, 0.25) is 15.9 Å². The zero-order valence-corrected chi connectivity index (χ0v) is 22.2. The lowest BCUT2D eigenvalue weighted by Gasteiger charge is -2.25. The lowest BCUT2D eigenvalue weighted by atomic mass is 10.0. The summed E-state index contributed by atoms with van der Waals surface area (Å²) in [5, 5.41) is 11.7. The number of aromatic nitrogens is 2. The van der Waals surface area contributed by atoms with E-state index in [1.165, 1.54) is 12.3 Å². The van der Waals surface area contributed by atoms with Crippen LogP contribution in [0.1, 0.15) is 12.0 Å². The summed E-state index contributed by atoms with van der Waals surface area (Å²) in [6.45, 7) is 0.0453. The van der Waals surface area contributed by atoms with Gasteiger partial charge in [0.1, 0.15) is 28.6 Å². The first-order chi connectivity index (χ1) is 17.4. The van der Waals surface area contributed by atoms with E-state index in [4.69, 9.17) is 28.9 Å². The number of anilines is 2. The maximum atomic E-state index is 13.1. The van der Waals surface area contributed by atoms with E-state index in [-0.39, 0.29) is 34.3 Å². The topological polar surface area (TPSA) is 159 Å². The molecule has 0 saturated carbocycles. The normalized spacial score (nSPS) is 16.8. The first-order valence-corrected chi connectivity index (χ1v) is 13.3. The third-order valence-electron chi connectivity index (χ3n) is 6.10. The summed E-state index contributed by atoms with van der Waals surface area (Å²) in [5.74, 6) is -1.21. The lowest BCUT2D eigenvalue weighted by molar-refractivity contribution is -0.148. The highest BCUT2D eigenvalue weighted by molar-refractivity contribution is 7.89. The first-order valence-electron chi connectivity index (χ1n) is 11.1. The van der Waals surface area contributed by atoms with Gasteiger partial charge < -0.3 is 20.6 Å². The third-order valence-corrected chi connectivity index (χ3v) is 8.17. The molecule has 196 valence electrons. The number of rotatable bonds is 8. The lowest BCUT2D eigenvalue weighted by Crippen LogP contribution is -2.48. The Hall–Kier alpha value is -3.19. The fourth-order valence-electron chi connectivity index (χ4n) is 4.23. The molecule has 1 saturated heterocycles. The van der Waals surface area contributed by atoms with Gasteiger partial charge in [0.15, 0.2) is 0 Å². The van der Waals surface area contributed by atoms with Crippen LogP contribution in [-0.4, -0.2) is 73.0 Å². The summed E-state index contributed by atoms with van der Waals surface area (Å²) >= 11 is 12.6. The Morgan fingerprint density at radius 1 is 1.27 bits per heavy atom. The Morgan fingerprint density at radius 2 is 2.00 bits per heavy atom. The number of nitrogens with two attached hydrogens (primary N) is 1. The van der Waals surface area contributed by atoms with Crippen molar-refractivity contribution < 1.29 is 23.1 Å². The highest BCUT2D eigenvalue weighted by Gasteiger charge is 2.41. The predicted molar refractivity (Wildman–Crippen MR) is 140 cm³/mol. The minimum absolute atomic E-state index is 0.0453. The van der Waals surface area contributed by atoms with Crippen molar-refractivity contribution in [2.24, 2.45) is 0 Å². The van der Waals surface area contributed by atoms with Crippen LogP contribution in [0, 0.1) is 0 Å². The van der Waals surface area contributed by atoms with Crippen LogP contribution in [0.3, 0.4) is 0 Å². The second-order valence-electron chi connectivity index (χ2n) is 8.78. The average molecular weight is 567 g/mol. The molecule has 4 N–H and O–H groups in total. The summed E-state index contributed by atoms with van der Waals surface area (Å²) in [7, 11) is -0.732. The Bertz CT molecular complexity index is 1500. The molecule has 37 heavy (non-hydrogen) atoms. The van der Waals surface area contributed by atoms with Crippen molar-refractivity contribution >= 4 is 67.5 Å². The number of benzene rings is 1. The Balaban J connectivity index is 1.54. The van der Waals surface area contributed by atoms with Gasteiger partial charge in [-0.2, -0.15) is 4.72 Å². The number of sulfonamides is 1. The largest absolute Gasteiger partial charge is 0.480 e. The van der Waals surface area contributed by atoms with Crippen molar-refractivity contribution in [1.29, 1.82) is 0 Å². The fraction of sp³-hybridized carbons (Fsp3) is 0.304. The number of carbonyl (C=O) groups is 2. The molecule has 3 heterocycles. The standard InChI is InChI=1S/C23H24Cl2N6O5S/c1-30(2)21-17(25)9-14(11-28-21)37(35,36)29-18-4-6-31(22(18)32)19(23(33)34)8-13-7-12-3-5-27-20(26)15(12)10-16(13)24/h3,5,7,9-11,18-19,29H,4,6,8H2,1-2H3,(H2,26,27)(H,33,34)/t18-,19+/m0/s1. The smallest absolute Gasteiger partial charge is 0.326 e. The molecule has 2 aromatic heterocycles. The van der Waals surface area contributed by atoms with Crippen molar-refractivity contribution in [3.05, 3.63) is 52.3 Å². The van der Waals surface area contributed by atoms with Gasteiger partial charge in [0, 0.05) is 49.9 Å². The van der Waals surface area contributed by atoms with Crippen LogP contribution >= 0.6 is 23.2 Å². The van der Waals surface area contributed by atoms with Crippen LogP contribution < -0.4 is 15.4 Å². The van der Waals surface area contributed by atoms with E-state index in [9.17, 15) is 23.1 Å². The highest BCUT2D eigenvalue weighted by atomic mass is 35.5. The minimum Gasteiger partial charge on any atom is -0.480 e. The number of hydrogen-bond acceptors (Lipinski definition) is 8. The van der Waals surface area contributed by atoms with E-state index < -0.39 is 34.0 Å². The molecule has 1 fully saturated rings. The zero-order chi connectivity index (χ0) is 27.1. The number of carbonyl (C=O) groups excluding carboxylic acids is 1. The maximum Gasteiger partial charge on any atom is 0.326 e. The molecule has 1 aromatic carbocycles. The van der Waals surface area contributed by atoms with Crippen molar-refractivity contribution in [2.45, 2.75) is 29.8 Å². The summed E-state index contributed by atoms with van der Waals surface area (Å²) in [5.41, 5.74) is 6.40. The molecule has 11 nitrogen and oxygen atoms in total. The van der Waals surface area contributed by atoms with E-state index in [0.717, 1.165) is 16.5 Å². The Labute approximate surface area is 223 Å². The monoisotopic (exact) mass is 566 g/mol. The van der Waals surface area contributed by atoms with Gasteiger partial charge in [0.25, 0.3) is 0 Å². The van der Waals surface area contributed by atoms with Crippen LogP contribution in [0.15, 0.2) is 41.6 Å². The molecule has 0 unspecified atom stereocenters. The van der Waals surface area contributed by atoms with E-state index in [0.29, 0.717) is 22.6 Å². The van der Waals surface area contributed by atoms with Crippen molar-refractivity contribution in [1.82, 2.24) is 19.6 Å².